The number of para-hydroxylation sites is 1. The van der Waals surface area contributed by atoms with E-state index in [1.165, 1.54) is 12.1 Å². The van der Waals surface area contributed by atoms with E-state index < -0.39 is 5.97 Å². The number of oxime groups is 1. The number of carboxylic acid groups (broad SMARTS) is 1. The first-order valence-corrected chi connectivity index (χ1v) is 10.8. The van der Waals surface area contributed by atoms with Crippen molar-refractivity contribution < 1.29 is 19.8 Å². The highest BCUT2D eigenvalue weighted by atomic mass is 35.5. The van der Waals surface area contributed by atoms with Crippen LogP contribution in [0, 0.1) is 0 Å². The lowest BCUT2D eigenvalue weighted by molar-refractivity contribution is 0.0696. The van der Waals surface area contributed by atoms with Crippen LogP contribution in [0.25, 0.3) is 0 Å². The summed E-state index contributed by atoms with van der Waals surface area (Å²) < 4.78 is 5.83. The van der Waals surface area contributed by atoms with E-state index in [2.05, 4.69) is 5.16 Å². The van der Waals surface area contributed by atoms with Crippen LogP contribution in [0.3, 0.4) is 0 Å². The molecule has 0 saturated carbocycles. The zero-order valence-corrected chi connectivity index (χ0v) is 19.0. The fraction of sp³-hybridized carbons (Fsp3) is 0.0370. The maximum absolute atomic E-state index is 11.7. The van der Waals surface area contributed by atoms with Crippen molar-refractivity contribution in [3.05, 3.63) is 119 Å². The van der Waals surface area contributed by atoms with Crippen LogP contribution in [0.2, 0.25) is 5.02 Å². The number of halogens is 1. The minimum Gasteiger partial charge on any atom is -0.478 e. The Morgan fingerprint density at radius 1 is 0.794 bits per heavy atom. The van der Waals surface area contributed by atoms with Crippen LogP contribution in [0.1, 0.15) is 21.5 Å². The van der Waals surface area contributed by atoms with Gasteiger partial charge in [-0.3, -0.25) is 0 Å². The van der Waals surface area contributed by atoms with E-state index in [1.807, 2.05) is 78.7 Å². The van der Waals surface area contributed by atoms with Crippen LogP contribution in [0.5, 0.6) is 11.5 Å². The predicted octanol–water partition coefficient (Wildman–Crippen LogP) is 6.83. The highest BCUT2D eigenvalue weighted by Gasteiger charge is 2.15. The van der Waals surface area contributed by atoms with Crippen molar-refractivity contribution in [2.75, 3.05) is 11.9 Å². The smallest absolute Gasteiger partial charge is 0.335 e. The molecular weight excluding hydrogens is 452 g/mol. The van der Waals surface area contributed by atoms with Crippen molar-refractivity contribution in [3.8, 4) is 11.5 Å². The minimum absolute atomic E-state index is 0.0173. The predicted molar refractivity (Wildman–Crippen MR) is 133 cm³/mol. The van der Waals surface area contributed by atoms with Crippen molar-refractivity contribution in [1.29, 1.82) is 0 Å². The van der Waals surface area contributed by atoms with Crippen LogP contribution >= 0.6 is 11.6 Å². The summed E-state index contributed by atoms with van der Waals surface area (Å²) in [7, 11) is 1.93. The normalized spacial score (nSPS) is 11.2. The highest BCUT2D eigenvalue weighted by Crippen LogP contribution is 2.28. The number of hydrogen-bond donors (Lipinski definition) is 2. The SMILES string of the molecule is CN(c1ccc(Cl)cc1)c1ccc(C(=NO)c2cc(Oc3ccccc3)cc(C(=O)O)c2)cc1. The van der Waals surface area contributed by atoms with E-state index in [0.29, 0.717) is 27.6 Å². The van der Waals surface area contributed by atoms with Crippen molar-refractivity contribution in [1.82, 2.24) is 0 Å². The minimum atomic E-state index is -1.11. The maximum Gasteiger partial charge on any atom is 0.335 e. The summed E-state index contributed by atoms with van der Waals surface area (Å²) in [5, 5.41) is 23.5. The molecule has 4 rings (SSSR count). The van der Waals surface area contributed by atoms with Crippen LogP contribution in [-0.4, -0.2) is 29.0 Å². The zero-order valence-electron chi connectivity index (χ0n) is 18.2. The third kappa shape index (κ3) is 5.19. The van der Waals surface area contributed by atoms with Crippen molar-refractivity contribution in [2.45, 2.75) is 0 Å². The lowest BCUT2D eigenvalue weighted by Gasteiger charge is -2.20. The summed E-state index contributed by atoms with van der Waals surface area (Å²) in [6.45, 7) is 0. The summed E-state index contributed by atoms with van der Waals surface area (Å²) in [4.78, 5) is 13.7. The van der Waals surface area contributed by atoms with Gasteiger partial charge in [-0.1, -0.05) is 47.1 Å². The molecule has 0 aromatic heterocycles. The lowest BCUT2D eigenvalue weighted by atomic mass is 9.99. The summed E-state index contributed by atoms with van der Waals surface area (Å²) in [6.07, 6.45) is 0. The van der Waals surface area contributed by atoms with Gasteiger partial charge in [0.1, 0.15) is 17.2 Å². The number of carbonyl (C=O) groups is 1. The number of anilines is 2. The molecule has 0 aliphatic heterocycles. The summed E-state index contributed by atoms with van der Waals surface area (Å²) >= 11 is 5.98. The van der Waals surface area contributed by atoms with Crippen LogP contribution in [0.15, 0.2) is 102 Å². The molecule has 170 valence electrons. The molecule has 7 heteroatoms. The first-order chi connectivity index (χ1) is 16.4. The van der Waals surface area contributed by atoms with Gasteiger partial charge >= 0.3 is 5.97 Å². The standard InChI is InChI=1S/C27H21ClN2O4/c1-30(23-13-9-21(28)10-14-23)22-11-7-18(8-12-22)26(29-33)19-15-20(27(31)32)17-25(16-19)34-24-5-3-2-4-6-24/h2-17,33H,1H3,(H,31,32). The van der Waals surface area contributed by atoms with Gasteiger partial charge in [0, 0.05) is 34.6 Å². The van der Waals surface area contributed by atoms with Crippen LogP contribution < -0.4 is 9.64 Å². The summed E-state index contributed by atoms with van der Waals surface area (Å²) in [5.41, 5.74) is 3.14. The Bertz CT molecular complexity index is 1320. The number of carboxylic acids is 1. The molecule has 0 aliphatic carbocycles. The Morgan fingerprint density at radius 2 is 1.38 bits per heavy atom. The van der Waals surface area contributed by atoms with E-state index in [-0.39, 0.29) is 11.3 Å². The van der Waals surface area contributed by atoms with Crippen molar-refractivity contribution in [2.24, 2.45) is 5.16 Å². The first-order valence-electron chi connectivity index (χ1n) is 10.4. The molecule has 0 saturated heterocycles. The van der Waals surface area contributed by atoms with Crippen LogP contribution in [0.4, 0.5) is 11.4 Å². The molecule has 0 atom stereocenters. The Kier molecular flexibility index (Phi) is 6.80. The highest BCUT2D eigenvalue weighted by molar-refractivity contribution is 6.30. The average Bonchev–Trinajstić information content (AvgIpc) is 2.85. The Balaban J connectivity index is 1.65. The number of hydrogen-bond acceptors (Lipinski definition) is 5. The quantitative estimate of drug-likeness (QED) is 0.175. The van der Waals surface area contributed by atoms with E-state index >= 15 is 0 Å². The van der Waals surface area contributed by atoms with Gasteiger partial charge in [0.25, 0.3) is 0 Å². The van der Waals surface area contributed by atoms with Gasteiger partial charge in [-0.2, -0.15) is 0 Å². The molecule has 0 spiro atoms. The summed E-state index contributed by atoms with van der Waals surface area (Å²) in [6, 6.07) is 28.4. The molecule has 34 heavy (non-hydrogen) atoms. The second kappa shape index (κ2) is 10.1. The first kappa shape index (κ1) is 22.9. The van der Waals surface area contributed by atoms with Gasteiger partial charge in [0.15, 0.2) is 0 Å². The molecule has 0 unspecified atom stereocenters. The van der Waals surface area contributed by atoms with Gasteiger partial charge in [-0.05, 0) is 66.7 Å². The second-order valence-corrected chi connectivity index (χ2v) is 7.93. The van der Waals surface area contributed by atoms with Crippen LogP contribution in [-0.2, 0) is 0 Å². The fourth-order valence-electron chi connectivity index (χ4n) is 3.48. The molecule has 6 nitrogen and oxygen atoms in total. The summed E-state index contributed by atoms with van der Waals surface area (Å²) in [5.74, 6) is -0.230. The number of ether oxygens (including phenoxy) is 1. The average molecular weight is 473 g/mol. The van der Waals surface area contributed by atoms with Gasteiger partial charge < -0.3 is 20.0 Å². The number of rotatable bonds is 7. The monoisotopic (exact) mass is 472 g/mol. The van der Waals surface area contributed by atoms with Crippen molar-refractivity contribution >= 4 is 34.7 Å². The van der Waals surface area contributed by atoms with Crippen molar-refractivity contribution in [3.63, 3.8) is 0 Å². The van der Waals surface area contributed by atoms with Gasteiger partial charge in [0.05, 0.1) is 5.56 Å². The number of benzene rings is 4. The van der Waals surface area contributed by atoms with Gasteiger partial charge in [-0.25, -0.2) is 4.79 Å². The van der Waals surface area contributed by atoms with E-state index in [0.717, 1.165) is 11.4 Å². The molecule has 4 aromatic rings. The molecule has 2 N–H and O–H groups in total. The number of nitrogens with zero attached hydrogens (tertiary/aromatic N) is 2. The molecular formula is C27H21ClN2O4. The fourth-order valence-corrected chi connectivity index (χ4v) is 3.61. The third-order valence-corrected chi connectivity index (χ3v) is 5.50. The van der Waals surface area contributed by atoms with E-state index in [1.54, 1.807) is 18.2 Å². The van der Waals surface area contributed by atoms with Gasteiger partial charge in [-0.15, -0.1) is 0 Å². The largest absolute Gasteiger partial charge is 0.478 e. The Hall–Kier alpha value is -4.29. The van der Waals surface area contributed by atoms with E-state index in [9.17, 15) is 15.1 Å². The third-order valence-electron chi connectivity index (χ3n) is 5.25. The maximum atomic E-state index is 11.7. The lowest BCUT2D eigenvalue weighted by Crippen LogP contribution is -2.10. The molecule has 0 radical (unpaired) electrons. The topological polar surface area (TPSA) is 82.4 Å². The van der Waals surface area contributed by atoms with Gasteiger partial charge in [0.2, 0.25) is 0 Å². The second-order valence-electron chi connectivity index (χ2n) is 7.50. The Labute approximate surface area is 201 Å². The number of aromatic carboxylic acids is 1. The Morgan fingerprint density at radius 3 is 1.97 bits per heavy atom. The molecule has 0 bridgehead atoms. The molecule has 0 amide bonds. The molecule has 0 fully saturated rings. The molecule has 0 heterocycles. The molecule has 4 aromatic carbocycles. The molecule has 0 aliphatic rings. The van der Waals surface area contributed by atoms with E-state index in [4.69, 9.17) is 16.3 Å². The zero-order chi connectivity index (χ0) is 24.1.